The van der Waals surface area contributed by atoms with E-state index in [2.05, 4.69) is 12.2 Å². The number of hydrogen-bond acceptors (Lipinski definition) is 4. The van der Waals surface area contributed by atoms with E-state index in [1.54, 1.807) is 24.3 Å². The molecule has 1 heterocycles. The fourth-order valence-corrected chi connectivity index (χ4v) is 2.17. The molecule has 0 aliphatic carbocycles. The Balaban J connectivity index is 1.71. The van der Waals surface area contributed by atoms with Crippen LogP contribution in [0.3, 0.4) is 0 Å². The van der Waals surface area contributed by atoms with Gasteiger partial charge in [-0.1, -0.05) is 0 Å². The fraction of sp³-hybridized carbons (Fsp3) is 0.533. The van der Waals surface area contributed by atoms with Gasteiger partial charge in [0, 0.05) is 24.4 Å². The van der Waals surface area contributed by atoms with Gasteiger partial charge in [0.15, 0.2) is 0 Å². The average Bonchev–Trinajstić information content (AvgIpc) is 2.41. The molecule has 1 aliphatic heterocycles. The summed E-state index contributed by atoms with van der Waals surface area (Å²) in [7, 11) is 0. The predicted octanol–water partition coefficient (Wildman–Crippen LogP) is 1.72. The third kappa shape index (κ3) is 4.42. The van der Waals surface area contributed by atoms with Gasteiger partial charge in [0.25, 0.3) is 0 Å². The molecule has 1 aromatic rings. The second kappa shape index (κ2) is 6.61. The zero-order valence-corrected chi connectivity index (χ0v) is 11.9. The van der Waals surface area contributed by atoms with Gasteiger partial charge >= 0.3 is 0 Å². The first-order valence-electron chi connectivity index (χ1n) is 6.94. The molecule has 110 valence electrons. The number of hydrogen-bond donors (Lipinski definition) is 2. The lowest BCUT2D eigenvalue weighted by molar-refractivity contribution is -0.124. The minimum atomic E-state index is -0.142. The van der Waals surface area contributed by atoms with Gasteiger partial charge in [0.05, 0.1) is 13.0 Å². The fourth-order valence-electron chi connectivity index (χ4n) is 2.17. The van der Waals surface area contributed by atoms with Crippen molar-refractivity contribution in [3.8, 4) is 5.75 Å². The maximum absolute atomic E-state index is 11.9. The number of nitrogen functional groups attached to an aromatic ring is 1. The van der Waals surface area contributed by atoms with Crippen molar-refractivity contribution in [3.05, 3.63) is 24.3 Å². The summed E-state index contributed by atoms with van der Waals surface area (Å²) in [5.41, 5.74) is 6.15. The smallest absolute Gasteiger partial charge is 0.223 e. The Bertz CT molecular complexity index is 439. The monoisotopic (exact) mass is 278 g/mol. The van der Waals surface area contributed by atoms with Crippen molar-refractivity contribution in [1.29, 1.82) is 0 Å². The maximum Gasteiger partial charge on any atom is 0.223 e. The SMILES string of the molecule is CC1(NC(=O)CCOc2ccc(N)cc2)CCOCC1. The molecule has 0 unspecified atom stereocenters. The molecule has 5 heteroatoms. The largest absolute Gasteiger partial charge is 0.493 e. The first-order valence-corrected chi connectivity index (χ1v) is 6.94. The highest BCUT2D eigenvalue weighted by Gasteiger charge is 2.28. The molecule has 1 amide bonds. The first kappa shape index (κ1) is 14.7. The first-order chi connectivity index (χ1) is 9.57. The summed E-state index contributed by atoms with van der Waals surface area (Å²) < 4.78 is 10.8. The highest BCUT2D eigenvalue weighted by Crippen LogP contribution is 2.19. The number of carbonyl (C=O) groups is 1. The van der Waals surface area contributed by atoms with Crippen LogP contribution in [0.5, 0.6) is 5.75 Å². The molecule has 0 radical (unpaired) electrons. The molecule has 0 spiro atoms. The summed E-state index contributed by atoms with van der Waals surface area (Å²) in [6.07, 6.45) is 2.07. The van der Waals surface area contributed by atoms with Crippen molar-refractivity contribution in [3.63, 3.8) is 0 Å². The Hall–Kier alpha value is -1.75. The minimum absolute atomic E-state index is 0.0184. The zero-order chi connectivity index (χ0) is 14.4. The van der Waals surface area contributed by atoms with Gasteiger partial charge in [-0.3, -0.25) is 4.79 Å². The summed E-state index contributed by atoms with van der Waals surface area (Å²) in [5.74, 6) is 0.745. The van der Waals surface area contributed by atoms with E-state index in [0.717, 1.165) is 18.6 Å². The lowest BCUT2D eigenvalue weighted by atomic mass is 9.92. The summed E-state index contributed by atoms with van der Waals surface area (Å²) in [4.78, 5) is 11.9. The molecule has 1 fully saturated rings. The van der Waals surface area contributed by atoms with Crippen molar-refractivity contribution in [2.24, 2.45) is 0 Å². The van der Waals surface area contributed by atoms with E-state index in [1.807, 2.05) is 0 Å². The van der Waals surface area contributed by atoms with Gasteiger partial charge in [-0.15, -0.1) is 0 Å². The Labute approximate surface area is 119 Å². The molecule has 5 nitrogen and oxygen atoms in total. The van der Waals surface area contributed by atoms with Crippen molar-refractivity contribution in [2.45, 2.75) is 31.7 Å². The van der Waals surface area contributed by atoms with E-state index in [9.17, 15) is 4.79 Å². The topological polar surface area (TPSA) is 73.6 Å². The number of amides is 1. The molecule has 0 atom stereocenters. The van der Waals surface area contributed by atoms with Crippen LogP contribution < -0.4 is 15.8 Å². The quantitative estimate of drug-likeness (QED) is 0.804. The van der Waals surface area contributed by atoms with E-state index in [0.29, 0.717) is 31.9 Å². The number of ether oxygens (including phenoxy) is 2. The maximum atomic E-state index is 11.9. The molecule has 20 heavy (non-hydrogen) atoms. The number of rotatable bonds is 5. The Kier molecular flexibility index (Phi) is 4.84. The van der Waals surface area contributed by atoms with E-state index in [4.69, 9.17) is 15.2 Å². The normalized spacial score (nSPS) is 17.4. The van der Waals surface area contributed by atoms with E-state index in [-0.39, 0.29) is 11.4 Å². The van der Waals surface area contributed by atoms with Crippen molar-refractivity contribution >= 4 is 11.6 Å². The summed E-state index contributed by atoms with van der Waals surface area (Å²) in [6.45, 7) is 3.84. The van der Waals surface area contributed by atoms with E-state index >= 15 is 0 Å². The van der Waals surface area contributed by atoms with E-state index < -0.39 is 0 Å². The summed E-state index contributed by atoms with van der Waals surface area (Å²) >= 11 is 0. The summed E-state index contributed by atoms with van der Waals surface area (Å²) in [6, 6.07) is 7.15. The van der Waals surface area contributed by atoms with Crippen LogP contribution in [0, 0.1) is 0 Å². The van der Waals surface area contributed by atoms with Crippen LogP contribution in [-0.4, -0.2) is 31.3 Å². The minimum Gasteiger partial charge on any atom is -0.493 e. The zero-order valence-electron chi connectivity index (χ0n) is 11.9. The lowest BCUT2D eigenvalue weighted by Crippen LogP contribution is -2.49. The van der Waals surface area contributed by atoms with Gasteiger partial charge in [0.1, 0.15) is 5.75 Å². The Morgan fingerprint density at radius 3 is 2.65 bits per heavy atom. The lowest BCUT2D eigenvalue weighted by Gasteiger charge is -2.34. The van der Waals surface area contributed by atoms with Crippen LogP contribution in [0.1, 0.15) is 26.2 Å². The van der Waals surface area contributed by atoms with E-state index in [1.165, 1.54) is 0 Å². The predicted molar refractivity (Wildman–Crippen MR) is 77.6 cm³/mol. The molecular weight excluding hydrogens is 256 g/mol. The number of anilines is 1. The Morgan fingerprint density at radius 1 is 1.35 bits per heavy atom. The van der Waals surface area contributed by atoms with Crippen molar-refractivity contribution < 1.29 is 14.3 Å². The number of nitrogens with two attached hydrogens (primary N) is 1. The number of carbonyl (C=O) groups excluding carboxylic acids is 1. The average molecular weight is 278 g/mol. The van der Waals surface area contributed by atoms with Gasteiger partial charge in [-0.05, 0) is 44.0 Å². The molecule has 1 aromatic carbocycles. The van der Waals surface area contributed by atoms with Crippen molar-refractivity contribution in [2.75, 3.05) is 25.6 Å². The Morgan fingerprint density at radius 2 is 2.00 bits per heavy atom. The molecule has 3 N–H and O–H groups in total. The number of nitrogens with one attached hydrogen (secondary N) is 1. The van der Waals surface area contributed by atoms with Gasteiger partial charge in [-0.25, -0.2) is 0 Å². The van der Waals surface area contributed by atoms with Crippen molar-refractivity contribution in [1.82, 2.24) is 5.32 Å². The second-order valence-corrected chi connectivity index (χ2v) is 5.39. The van der Waals surface area contributed by atoms with Crippen LogP contribution >= 0.6 is 0 Å². The van der Waals surface area contributed by atoms with Crippen LogP contribution in [0.25, 0.3) is 0 Å². The molecule has 2 rings (SSSR count). The molecule has 1 saturated heterocycles. The van der Waals surface area contributed by atoms with Gasteiger partial charge in [-0.2, -0.15) is 0 Å². The van der Waals surface area contributed by atoms with Gasteiger partial charge in [0.2, 0.25) is 5.91 Å². The van der Waals surface area contributed by atoms with Crippen LogP contribution in [0.2, 0.25) is 0 Å². The third-order valence-corrected chi connectivity index (χ3v) is 3.52. The molecular formula is C15H22N2O3. The van der Waals surface area contributed by atoms with Crippen LogP contribution in [0.4, 0.5) is 5.69 Å². The second-order valence-electron chi connectivity index (χ2n) is 5.39. The third-order valence-electron chi connectivity index (χ3n) is 3.52. The van der Waals surface area contributed by atoms with Crippen LogP contribution in [0.15, 0.2) is 24.3 Å². The number of benzene rings is 1. The molecule has 0 saturated carbocycles. The standard InChI is InChI=1S/C15H22N2O3/c1-15(7-10-19-11-8-15)17-14(18)6-9-20-13-4-2-12(16)3-5-13/h2-5H,6-11,16H2,1H3,(H,17,18). The molecule has 0 bridgehead atoms. The van der Waals surface area contributed by atoms with Gasteiger partial charge < -0.3 is 20.5 Å². The molecule has 0 aromatic heterocycles. The summed E-state index contributed by atoms with van der Waals surface area (Å²) in [5, 5.41) is 3.07. The highest BCUT2D eigenvalue weighted by atomic mass is 16.5. The highest BCUT2D eigenvalue weighted by molar-refractivity contribution is 5.76. The molecule has 1 aliphatic rings. The van der Waals surface area contributed by atoms with Crippen LogP contribution in [-0.2, 0) is 9.53 Å².